The number of hydrogen-bond donors (Lipinski definition) is 0. The summed E-state index contributed by atoms with van der Waals surface area (Å²) in [6.45, 7) is 9.47. The smallest absolute Gasteiger partial charge is 0.0362 e. The van der Waals surface area contributed by atoms with Crippen LogP contribution >= 0.6 is 0 Å². The Balaban J connectivity index is 3.29. The van der Waals surface area contributed by atoms with E-state index in [9.17, 15) is 0 Å². The topological polar surface area (TPSA) is 0 Å². The zero-order valence-corrected chi connectivity index (χ0v) is 7.72. The van der Waals surface area contributed by atoms with E-state index in [4.69, 9.17) is 0 Å². The minimum absolute atomic E-state index is 0.275. The fraction of sp³-hybridized carbons (Fsp3) is 1.00. The molecule has 1 heteroatoms. The van der Waals surface area contributed by atoms with E-state index in [1.54, 1.807) is 0 Å². The van der Waals surface area contributed by atoms with Gasteiger partial charge in [0.2, 0.25) is 0 Å². The van der Waals surface area contributed by atoms with Gasteiger partial charge in [-0.25, -0.2) is 0 Å². The molecular weight excluding hydrogens is 112 g/mol. The van der Waals surface area contributed by atoms with Crippen LogP contribution in [0, 0.1) is 0 Å². The van der Waals surface area contributed by atoms with Crippen LogP contribution in [0.25, 0.3) is 0 Å². The van der Waals surface area contributed by atoms with Crippen molar-refractivity contribution in [3.8, 4) is 0 Å². The first-order chi connectivity index (χ1) is 3.72. The highest BCUT2D eigenvalue weighted by Crippen LogP contribution is 2.15. The van der Waals surface area contributed by atoms with Crippen molar-refractivity contribution in [2.45, 2.75) is 45.3 Å². The zero-order valence-electron chi connectivity index (χ0n) is 6.57. The van der Waals surface area contributed by atoms with Gasteiger partial charge in [0.25, 0.3) is 0 Å². The van der Waals surface area contributed by atoms with Gasteiger partial charge in [0.05, 0.1) is 0 Å². The van der Waals surface area contributed by atoms with Crippen molar-refractivity contribution in [3.63, 3.8) is 0 Å². The lowest BCUT2D eigenvalue weighted by Gasteiger charge is -2.13. The normalized spacial score (nSPS) is 18.0. The van der Waals surface area contributed by atoms with Gasteiger partial charge in [0.1, 0.15) is 0 Å². The third-order valence-corrected chi connectivity index (χ3v) is 5.96. The molecule has 0 rings (SSSR count). The van der Waals surface area contributed by atoms with E-state index >= 15 is 0 Å². The SMILES string of the molecule is CCC(C)[SiH](C)CC. The van der Waals surface area contributed by atoms with Crippen LogP contribution in [0.5, 0.6) is 0 Å². The Kier molecular flexibility index (Phi) is 4.24. The molecule has 0 aliphatic rings. The van der Waals surface area contributed by atoms with Gasteiger partial charge in [-0.2, -0.15) is 0 Å². The van der Waals surface area contributed by atoms with Gasteiger partial charge in [-0.15, -0.1) is 0 Å². The molecule has 0 aromatic rings. The molecule has 50 valence electrons. The molecule has 0 nitrogen and oxygen atoms in total. The summed E-state index contributed by atoms with van der Waals surface area (Å²) in [5, 5.41) is 0. The maximum absolute atomic E-state index is 2.47. The molecule has 0 saturated carbocycles. The van der Waals surface area contributed by atoms with Crippen LogP contribution in [0.3, 0.4) is 0 Å². The predicted molar refractivity (Wildman–Crippen MR) is 43.2 cm³/mol. The molecule has 0 aromatic carbocycles. The van der Waals surface area contributed by atoms with Crippen LogP contribution in [0.4, 0.5) is 0 Å². The summed E-state index contributed by atoms with van der Waals surface area (Å²) < 4.78 is 0. The average molecular weight is 130 g/mol. The molecule has 0 N–H and O–H groups in total. The first-order valence-corrected chi connectivity index (χ1v) is 6.36. The predicted octanol–water partition coefficient (Wildman–Crippen LogP) is 2.66. The largest absolute Gasteiger partial charge is 0.0718 e. The number of hydrogen-bond acceptors (Lipinski definition) is 0. The van der Waals surface area contributed by atoms with E-state index in [2.05, 4.69) is 27.3 Å². The first-order valence-electron chi connectivity index (χ1n) is 3.72. The summed E-state index contributed by atoms with van der Waals surface area (Å²) in [6, 6.07) is 1.47. The summed E-state index contributed by atoms with van der Waals surface area (Å²) in [5.41, 5.74) is 1.06. The second-order valence-corrected chi connectivity index (χ2v) is 6.68. The van der Waals surface area contributed by atoms with Crippen molar-refractivity contribution in [2.75, 3.05) is 0 Å². The van der Waals surface area contributed by atoms with Crippen molar-refractivity contribution in [1.29, 1.82) is 0 Å². The molecule has 0 spiro atoms. The Hall–Kier alpha value is 0.217. The van der Waals surface area contributed by atoms with Gasteiger partial charge in [-0.3, -0.25) is 0 Å². The summed E-state index contributed by atoms with van der Waals surface area (Å²) in [4.78, 5) is 0. The minimum atomic E-state index is -0.275. The Morgan fingerprint density at radius 2 is 1.88 bits per heavy atom. The fourth-order valence-corrected chi connectivity index (χ4v) is 2.41. The molecule has 0 amide bonds. The summed E-state index contributed by atoms with van der Waals surface area (Å²) >= 11 is 0. The van der Waals surface area contributed by atoms with Crippen LogP contribution in [0.2, 0.25) is 18.1 Å². The van der Waals surface area contributed by atoms with E-state index in [1.807, 2.05) is 0 Å². The molecule has 0 aliphatic carbocycles. The molecule has 0 radical (unpaired) electrons. The third-order valence-electron chi connectivity index (χ3n) is 2.26. The molecule has 0 fully saturated rings. The molecule has 0 heterocycles. The van der Waals surface area contributed by atoms with Gasteiger partial charge in [-0.05, 0) is 0 Å². The van der Waals surface area contributed by atoms with Gasteiger partial charge in [0.15, 0.2) is 0 Å². The summed E-state index contributed by atoms with van der Waals surface area (Å²) in [5.74, 6) is 0. The quantitative estimate of drug-likeness (QED) is 0.515. The molecular formula is C7H18Si. The Morgan fingerprint density at radius 1 is 1.38 bits per heavy atom. The standard InChI is InChI=1S/C7H18Si/c1-5-7(3)8(4)6-2/h7-8H,5-6H2,1-4H3. The zero-order chi connectivity index (χ0) is 6.57. The number of rotatable bonds is 3. The second kappa shape index (κ2) is 4.13. The fourth-order valence-electron chi connectivity index (χ4n) is 0.805. The van der Waals surface area contributed by atoms with Gasteiger partial charge in [0, 0.05) is 8.80 Å². The van der Waals surface area contributed by atoms with E-state index in [0.717, 1.165) is 5.54 Å². The van der Waals surface area contributed by atoms with Crippen molar-refractivity contribution in [3.05, 3.63) is 0 Å². The maximum Gasteiger partial charge on any atom is 0.0362 e. The van der Waals surface area contributed by atoms with Gasteiger partial charge in [-0.1, -0.05) is 45.3 Å². The van der Waals surface area contributed by atoms with E-state index in [-0.39, 0.29) is 8.80 Å². The van der Waals surface area contributed by atoms with Crippen LogP contribution in [-0.4, -0.2) is 8.80 Å². The van der Waals surface area contributed by atoms with Crippen molar-refractivity contribution in [2.24, 2.45) is 0 Å². The van der Waals surface area contributed by atoms with E-state index in [0.29, 0.717) is 0 Å². The Labute approximate surface area is 54.9 Å². The van der Waals surface area contributed by atoms with Gasteiger partial charge >= 0.3 is 0 Å². The highest BCUT2D eigenvalue weighted by atomic mass is 28.3. The van der Waals surface area contributed by atoms with Gasteiger partial charge < -0.3 is 0 Å². The highest BCUT2D eigenvalue weighted by Gasteiger charge is 2.07. The lowest BCUT2D eigenvalue weighted by Crippen LogP contribution is -2.10. The lowest BCUT2D eigenvalue weighted by molar-refractivity contribution is 0.852. The maximum atomic E-state index is 2.47. The van der Waals surface area contributed by atoms with Crippen LogP contribution in [-0.2, 0) is 0 Å². The summed E-state index contributed by atoms with van der Waals surface area (Å²) in [7, 11) is -0.275. The molecule has 2 atom stereocenters. The monoisotopic (exact) mass is 130 g/mol. The molecule has 0 saturated heterocycles. The summed E-state index contributed by atoms with van der Waals surface area (Å²) in [6.07, 6.45) is 1.39. The molecule has 2 unspecified atom stereocenters. The highest BCUT2D eigenvalue weighted by molar-refractivity contribution is 6.58. The first kappa shape index (κ1) is 8.22. The van der Waals surface area contributed by atoms with E-state index < -0.39 is 0 Å². The van der Waals surface area contributed by atoms with Crippen LogP contribution in [0.15, 0.2) is 0 Å². The molecule has 0 bridgehead atoms. The second-order valence-electron chi connectivity index (χ2n) is 2.77. The molecule has 0 aliphatic heterocycles. The van der Waals surface area contributed by atoms with Crippen molar-refractivity contribution >= 4 is 8.80 Å². The average Bonchev–Trinajstić information content (AvgIpc) is 1.84. The minimum Gasteiger partial charge on any atom is -0.0718 e. The Bertz CT molecular complexity index is 44.3. The van der Waals surface area contributed by atoms with Crippen molar-refractivity contribution in [1.82, 2.24) is 0 Å². The van der Waals surface area contributed by atoms with E-state index in [1.165, 1.54) is 12.5 Å². The molecule has 0 aromatic heterocycles. The van der Waals surface area contributed by atoms with Crippen molar-refractivity contribution < 1.29 is 0 Å². The van der Waals surface area contributed by atoms with Crippen LogP contribution in [0.1, 0.15) is 27.2 Å². The lowest BCUT2D eigenvalue weighted by atomic mass is 10.4. The third kappa shape index (κ3) is 2.51. The molecule has 8 heavy (non-hydrogen) atoms. The Morgan fingerprint density at radius 3 is 2.00 bits per heavy atom. The van der Waals surface area contributed by atoms with Crippen LogP contribution < -0.4 is 0 Å².